The molecule has 0 fully saturated rings. The lowest BCUT2D eigenvalue weighted by Gasteiger charge is -2.24. The van der Waals surface area contributed by atoms with Crippen LogP contribution in [0.3, 0.4) is 0 Å². The van der Waals surface area contributed by atoms with Gasteiger partial charge in [-0.25, -0.2) is 4.79 Å². The quantitative estimate of drug-likeness (QED) is 0.791. The van der Waals surface area contributed by atoms with Gasteiger partial charge in [0.05, 0.1) is 6.61 Å². The van der Waals surface area contributed by atoms with Gasteiger partial charge < -0.3 is 9.84 Å². The molecule has 0 aliphatic rings. The molecule has 94 valence electrons. The van der Waals surface area contributed by atoms with Gasteiger partial charge in [0.1, 0.15) is 0 Å². The number of carboxylic acids is 1. The molecular formula is C14H20O3. The molecule has 1 atom stereocenters. The van der Waals surface area contributed by atoms with Gasteiger partial charge in [0.25, 0.3) is 0 Å². The number of rotatable bonds is 7. The van der Waals surface area contributed by atoms with Crippen molar-refractivity contribution in [3.63, 3.8) is 0 Å². The van der Waals surface area contributed by atoms with E-state index in [1.807, 2.05) is 37.3 Å². The molecule has 0 amide bonds. The summed E-state index contributed by atoms with van der Waals surface area (Å²) in [6, 6.07) is 9.93. The van der Waals surface area contributed by atoms with Crippen LogP contribution in [0.5, 0.6) is 0 Å². The molecule has 1 unspecified atom stereocenters. The molecular weight excluding hydrogens is 216 g/mol. The van der Waals surface area contributed by atoms with Gasteiger partial charge in [0, 0.05) is 0 Å². The molecule has 0 saturated heterocycles. The standard InChI is InChI=1S/C14H20O3/c1-3-10-14(2,13(15)16)17-11-9-12-7-5-4-6-8-12/h4-8H,3,9-11H2,1-2H3,(H,15,16). The Bertz CT molecular complexity index is 348. The van der Waals surface area contributed by atoms with E-state index in [-0.39, 0.29) is 0 Å². The molecule has 3 nitrogen and oxygen atoms in total. The van der Waals surface area contributed by atoms with Crippen molar-refractivity contribution in [3.8, 4) is 0 Å². The number of aliphatic carboxylic acids is 1. The van der Waals surface area contributed by atoms with Gasteiger partial charge >= 0.3 is 5.97 Å². The first-order chi connectivity index (χ1) is 8.08. The van der Waals surface area contributed by atoms with Crippen LogP contribution in [0.25, 0.3) is 0 Å². The van der Waals surface area contributed by atoms with E-state index in [0.717, 1.165) is 18.4 Å². The molecule has 1 aromatic rings. The second-order valence-corrected chi connectivity index (χ2v) is 4.37. The van der Waals surface area contributed by atoms with Crippen molar-refractivity contribution in [2.75, 3.05) is 6.61 Å². The first-order valence-corrected chi connectivity index (χ1v) is 6.00. The van der Waals surface area contributed by atoms with E-state index in [4.69, 9.17) is 9.84 Å². The molecule has 0 aliphatic carbocycles. The van der Waals surface area contributed by atoms with Crippen LogP contribution in [0.2, 0.25) is 0 Å². The van der Waals surface area contributed by atoms with Gasteiger partial charge in [-0.05, 0) is 25.3 Å². The summed E-state index contributed by atoms with van der Waals surface area (Å²) in [5.41, 5.74) is 0.112. The molecule has 1 N–H and O–H groups in total. The van der Waals surface area contributed by atoms with Gasteiger partial charge in [-0.1, -0.05) is 43.7 Å². The number of hydrogen-bond donors (Lipinski definition) is 1. The highest BCUT2D eigenvalue weighted by Gasteiger charge is 2.32. The first kappa shape index (κ1) is 13.7. The molecule has 0 heterocycles. The molecule has 0 spiro atoms. The predicted molar refractivity (Wildman–Crippen MR) is 67.0 cm³/mol. The van der Waals surface area contributed by atoms with Crippen molar-refractivity contribution in [2.45, 2.75) is 38.7 Å². The number of hydrogen-bond acceptors (Lipinski definition) is 2. The van der Waals surface area contributed by atoms with E-state index < -0.39 is 11.6 Å². The van der Waals surface area contributed by atoms with Crippen molar-refractivity contribution in [1.82, 2.24) is 0 Å². The Labute approximate surface area is 102 Å². The van der Waals surface area contributed by atoms with E-state index in [9.17, 15) is 4.79 Å². The van der Waals surface area contributed by atoms with Gasteiger partial charge in [-0.15, -0.1) is 0 Å². The van der Waals surface area contributed by atoms with Crippen LogP contribution in [-0.2, 0) is 16.0 Å². The molecule has 0 radical (unpaired) electrons. The summed E-state index contributed by atoms with van der Waals surface area (Å²) in [7, 11) is 0. The maximum Gasteiger partial charge on any atom is 0.335 e. The third kappa shape index (κ3) is 4.19. The van der Waals surface area contributed by atoms with Crippen LogP contribution in [-0.4, -0.2) is 23.3 Å². The van der Waals surface area contributed by atoms with Gasteiger partial charge in [-0.2, -0.15) is 0 Å². The Kier molecular flexibility index (Phi) is 5.16. The van der Waals surface area contributed by atoms with E-state index in [2.05, 4.69) is 0 Å². The zero-order valence-electron chi connectivity index (χ0n) is 10.5. The third-order valence-corrected chi connectivity index (χ3v) is 2.83. The fraction of sp³-hybridized carbons (Fsp3) is 0.500. The third-order valence-electron chi connectivity index (χ3n) is 2.83. The Morgan fingerprint density at radius 2 is 2.00 bits per heavy atom. The molecule has 0 saturated carbocycles. The average Bonchev–Trinajstić information content (AvgIpc) is 2.30. The molecule has 1 aromatic carbocycles. The molecule has 3 heteroatoms. The van der Waals surface area contributed by atoms with Crippen LogP contribution in [0.15, 0.2) is 30.3 Å². The lowest BCUT2D eigenvalue weighted by atomic mass is 10.0. The lowest BCUT2D eigenvalue weighted by molar-refractivity contribution is -0.164. The highest BCUT2D eigenvalue weighted by molar-refractivity contribution is 5.76. The number of carbonyl (C=O) groups is 1. The zero-order valence-corrected chi connectivity index (χ0v) is 10.5. The van der Waals surface area contributed by atoms with Crippen LogP contribution >= 0.6 is 0 Å². The molecule has 0 aromatic heterocycles. The minimum Gasteiger partial charge on any atom is -0.479 e. The molecule has 17 heavy (non-hydrogen) atoms. The van der Waals surface area contributed by atoms with Gasteiger partial charge in [-0.3, -0.25) is 0 Å². The summed E-state index contributed by atoms with van der Waals surface area (Å²) in [4.78, 5) is 11.1. The number of benzene rings is 1. The van der Waals surface area contributed by atoms with E-state index in [1.165, 1.54) is 0 Å². The fourth-order valence-corrected chi connectivity index (χ4v) is 1.76. The monoisotopic (exact) mass is 236 g/mol. The van der Waals surface area contributed by atoms with Crippen LogP contribution in [0.4, 0.5) is 0 Å². The number of ether oxygens (including phenoxy) is 1. The zero-order chi connectivity index (χ0) is 12.7. The summed E-state index contributed by atoms with van der Waals surface area (Å²) < 4.78 is 5.54. The Balaban J connectivity index is 2.45. The second-order valence-electron chi connectivity index (χ2n) is 4.37. The summed E-state index contributed by atoms with van der Waals surface area (Å²) in [5.74, 6) is -0.882. The molecule has 0 aliphatic heterocycles. The normalized spacial score (nSPS) is 14.2. The van der Waals surface area contributed by atoms with Crippen molar-refractivity contribution >= 4 is 5.97 Å². The van der Waals surface area contributed by atoms with Crippen molar-refractivity contribution in [3.05, 3.63) is 35.9 Å². The van der Waals surface area contributed by atoms with Crippen LogP contribution in [0.1, 0.15) is 32.3 Å². The maximum atomic E-state index is 11.1. The summed E-state index contributed by atoms with van der Waals surface area (Å²) in [5, 5.41) is 9.14. The van der Waals surface area contributed by atoms with Crippen molar-refractivity contribution < 1.29 is 14.6 Å². The predicted octanol–water partition coefficient (Wildman–Crippen LogP) is 2.89. The van der Waals surface area contributed by atoms with E-state index in [0.29, 0.717) is 13.0 Å². The largest absolute Gasteiger partial charge is 0.479 e. The SMILES string of the molecule is CCCC(C)(OCCc1ccccc1)C(=O)O. The highest BCUT2D eigenvalue weighted by Crippen LogP contribution is 2.18. The van der Waals surface area contributed by atoms with Gasteiger partial charge in [0.15, 0.2) is 5.60 Å². The minimum atomic E-state index is -1.05. The second kappa shape index (κ2) is 6.40. The van der Waals surface area contributed by atoms with Crippen molar-refractivity contribution in [1.29, 1.82) is 0 Å². The minimum absolute atomic E-state index is 0.437. The maximum absolute atomic E-state index is 11.1. The van der Waals surface area contributed by atoms with Gasteiger partial charge in [0.2, 0.25) is 0 Å². The highest BCUT2D eigenvalue weighted by atomic mass is 16.5. The summed E-state index contributed by atoms with van der Waals surface area (Å²) in [6.07, 6.45) is 2.08. The first-order valence-electron chi connectivity index (χ1n) is 6.00. The van der Waals surface area contributed by atoms with Crippen LogP contribution in [0, 0.1) is 0 Å². The topological polar surface area (TPSA) is 46.5 Å². The fourth-order valence-electron chi connectivity index (χ4n) is 1.76. The molecule has 0 bridgehead atoms. The lowest BCUT2D eigenvalue weighted by Crippen LogP contribution is -2.38. The Morgan fingerprint density at radius 1 is 1.35 bits per heavy atom. The van der Waals surface area contributed by atoms with Crippen molar-refractivity contribution in [2.24, 2.45) is 0 Å². The van der Waals surface area contributed by atoms with Crippen LogP contribution < -0.4 is 0 Å². The summed E-state index contributed by atoms with van der Waals surface area (Å²) >= 11 is 0. The van der Waals surface area contributed by atoms with E-state index >= 15 is 0 Å². The average molecular weight is 236 g/mol. The summed E-state index contributed by atoms with van der Waals surface area (Å²) in [6.45, 7) is 4.04. The van der Waals surface area contributed by atoms with E-state index in [1.54, 1.807) is 6.92 Å². The smallest absolute Gasteiger partial charge is 0.335 e. The number of carboxylic acid groups (broad SMARTS) is 1. The Morgan fingerprint density at radius 3 is 2.53 bits per heavy atom. The molecule has 1 rings (SSSR count). The Hall–Kier alpha value is -1.35.